The third-order valence-corrected chi connectivity index (χ3v) is 3.87. The van der Waals surface area contributed by atoms with Gasteiger partial charge in [-0.05, 0) is 0 Å². The lowest BCUT2D eigenvalue weighted by molar-refractivity contribution is -0.174. The fourth-order valence-corrected chi connectivity index (χ4v) is 2.80. The van der Waals surface area contributed by atoms with Crippen molar-refractivity contribution >= 4 is 16.8 Å². The van der Waals surface area contributed by atoms with Crippen LogP contribution in [0, 0.1) is 0 Å². The topological polar surface area (TPSA) is 38.4 Å². The fraction of sp³-hybridized carbons (Fsp3) is 0.364. The van der Waals surface area contributed by atoms with Crippen LogP contribution >= 0.6 is 11.8 Å². The molecule has 0 fully saturated rings. The van der Waals surface area contributed by atoms with E-state index in [4.69, 9.17) is 5.73 Å². The second-order valence-corrected chi connectivity index (χ2v) is 4.77. The van der Waals surface area contributed by atoms with Crippen LogP contribution in [0.1, 0.15) is 5.56 Å². The average Bonchev–Trinajstić information content (AvgIpc) is 2.75. The van der Waals surface area contributed by atoms with Crippen molar-refractivity contribution < 1.29 is 13.2 Å². The van der Waals surface area contributed by atoms with E-state index in [1.54, 1.807) is 24.3 Å². The van der Waals surface area contributed by atoms with E-state index >= 15 is 0 Å². The van der Waals surface area contributed by atoms with Gasteiger partial charge in [0.05, 0.1) is 5.04 Å². The summed E-state index contributed by atoms with van der Waals surface area (Å²) in [5.74, 6) is -0.142. The van der Waals surface area contributed by atoms with E-state index in [-0.39, 0.29) is 5.75 Å². The summed E-state index contributed by atoms with van der Waals surface area (Å²) < 4.78 is 38.7. The maximum absolute atomic E-state index is 12.9. The number of nitrogens with zero attached hydrogens (tertiary/aromatic N) is 1. The molecule has 1 aliphatic rings. The number of thioether (sulfide) groups is 1. The lowest BCUT2D eigenvalue weighted by Crippen LogP contribution is -2.50. The zero-order valence-corrected chi connectivity index (χ0v) is 9.68. The van der Waals surface area contributed by atoms with Gasteiger partial charge in [0.25, 0.3) is 0 Å². The third kappa shape index (κ3) is 2.19. The molecule has 1 aromatic rings. The van der Waals surface area contributed by atoms with Gasteiger partial charge in [0.2, 0.25) is 0 Å². The summed E-state index contributed by atoms with van der Waals surface area (Å²) in [4.78, 5) is 3.81. The molecule has 0 spiro atoms. The summed E-state index contributed by atoms with van der Waals surface area (Å²) in [7, 11) is 0. The molecule has 2 nitrogen and oxygen atoms in total. The van der Waals surface area contributed by atoms with Crippen LogP contribution in [0.3, 0.4) is 0 Å². The first kappa shape index (κ1) is 12.4. The molecule has 0 radical (unpaired) electrons. The van der Waals surface area contributed by atoms with Crippen molar-refractivity contribution in [3.63, 3.8) is 0 Å². The van der Waals surface area contributed by atoms with E-state index in [0.717, 1.165) is 11.8 Å². The zero-order chi connectivity index (χ0) is 12.5. The molecule has 0 bridgehead atoms. The Morgan fingerprint density at radius 3 is 2.41 bits per heavy atom. The number of rotatable bonds is 2. The SMILES string of the molecule is NC[C@@]1(C(F)(F)F)CSC(c2ccccc2)=N1. The minimum absolute atomic E-state index is 0.142. The normalized spacial score (nSPS) is 24.8. The molecule has 17 heavy (non-hydrogen) atoms. The summed E-state index contributed by atoms with van der Waals surface area (Å²) in [5, 5.41) is 0.411. The van der Waals surface area contributed by atoms with Crippen molar-refractivity contribution in [2.45, 2.75) is 11.7 Å². The van der Waals surface area contributed by atoms with Crippen LogP contribution < -0.4 is 5.73 Å². The quantitative estimate of drug-likeness (QED) is 0.887. The standard InChI is InChI=1S/C11H11F3N2S/c12-11(13,14)10(6-15)7-17-9(16-10)8-4-2-1-3-5-8/h1-5H,6-7,15H2/t10-/m0/s1. The highest BCUT2D eigenvalue weighted by Crippen LogP contribution is 2.41. The van der Waals surface area contributed by atoms with Gasteiger partial charge in [0.15, 0.2) is 5.54 Å². The molecule has 6 heteroatoms. The van der Waals surface area contributed by atoms with Crippen LogP contribution in [0.5, 0.6) is 0 Å². The number of aliphatic imine (C=N–C) groups is 1. The Morgan fingerprint density at radius 2 is 1.94 bits per heavy atom. The van der Waals surface area contributed by atoms with Gasteiger partial charge in [-0.2, -0.15) is 13.2 Å². The minimum atomic E-state index is -4.40. The van der Waals surface area contributed by atoms with Crippen LogP contribution in [-0.4, -0.2) is 29.1 Å². The number of halogens is 3. The van der Waals surface area contributed by atoms with Gasteiger partial charge in [-0.3, -0.25) is 4.99 Å². The van der Waals surface area contributed by atoms with Crippen molar-refractivity contribution in [2.75, 3.05) is 12.3 Å². The highest BCUT2D eigenvalue weighted by atomic mass is 32.2. The second kappa shape index (κ2) is 4.34. The fourth-order valence-electron chi connectivity index (χ4n) is 1.54. The van der Waals surface area contributed by atoms with Crippen LogP contribution in [0.2, 0.25) is 0 Å². The largest absolute Gasteiger partial charge is 0.415 e. The Balaban J connectivity index is 2.36. The van der Waals surface area contributed by atoms with E-state index in [2.05, 4.69) is 4.99 Å². The summed E-state index contributed by atoms with van der Waals surface area (Å²) in [6, 6.07) is 8.84. The molecule has 0 aromatic heterocycles. The summed E-state index contributed by atoms with van der Waals surface area (Å²) >= 11 is 1.10. The van der Waals surface area contributed by atoms with Gasteiger partial charge in [0.1, 0.15) is 0 Å². The Hall–Kier alpha value is -1.01. The molecule has 1 atom stereocenters. The number of hydrogen-bond acceptors (Lipinski definition) is 3. The summed E-state index contributed by atoms with van der Waals surface area (Å²) in [5.41, 5.74) is 3.84. The molecule has 0 aliphatic carbocycles. The monoisotopic (exact) mass is 260 g/mol. The van der Waals surface area contributed by atoms with Crippen molar-refractivity contribution in [1.82, 2.24) is 0 Å². The number of nitrogens with two attached hydrogens (primary N) is 1. The Bertz CT molecular complexity index is 430. The lowest BCUT2D eigenvalue weighted by Gasteiger charge is -2.26. The van der Waals surface area contributed by atoms with Gasteiger partial charge in [-0.25, -0.2) is 0 Å². The predicted molar refractivity (Wildman–Crippen MR) is 63.3 cm³/mol. The van der Waals surface area contributed by atoms with Gasteiger partial charge in [-0.15, -0.1) is 11.8 Å². The molecule has 1 aromatic carbocycles. The first-order chi connectivity index (χ1) is 7.98. The molecule has 0 unspecified atom stereocenters. The van der Waals surface area contributed by atoms with E-state index in [1.807, 2.05) is 6.07 Å². The molecule has 2 N–H and O–H groups in total. The van der Waals surface area contributed by atoms with E-state index in [1.165, 1.54) is 0 Å². The maximum atomic E-state index is 12.9. The van der Waals surface area contributed by atoms with Crippen molar-refractivity contribution in [3.05, 3.63) is 35.9 Å². The Labute approximate surface area is 101 Å². The van der Waals surface area contributed by atoms with Gasteiger partial charge in [0, 0.05) is 17.9 Å². The molecule has 0 amide bonds. The molecule has 1 aliphatic heterocycles. The number of hydrogen-bond donors (Lipinski definition) is 1. The summed E-state index contributed by atoms with van der Waals surface area (Å²) in [6.07, 6.45) is -4.40. The van der Waals surface area contributed by atoms with Crippen LogP contribution in [-0.2, 0) is 0 Å². The predicted octanol–water partition coefficient (Wildman–Crippen LogP) is 2.44. The number of benzene rings is 1. The Kier molecular flexibility index (Phi) is 3.18. The van der Waals surface area contributed by atoms with Gasteiger partial charge < -0.3 is 5.73 Å². The highest BCUT2D eigenvalue weighted by Gasteiger charge is 2.56. The average molecular weight is 260 g/mol. The van der Waals surface area contributed by atoms with E-state index in [0.29, 0.717) is 10.6 Å². The first-order valence-corrected chi connectivity index (χ1v) is 6.02. The molecular weight excluding hydrogens is 249 g/mol. The van der Waals surface area contributed by atoms with Gasteiger partial charge >= 0.3 is 6.18 Å². The lowest BCUT2D eigenvalue weighted by atomic mass is 10.0. The first-order valence-electron chi connectivity index (χ1n) is 5.03. The third-order valence-electron chi connectivity index (χ3n) is 2.65. The van der Waals surface area contributed by atoms with Gasteiger partial charge in [-0.1, -0.05) is 30.3 Å². The molecule has 0 saturated carbocycles. The van der Waals surface area contributed by atoms with Crippen molar-refractivity contribution in [1.29, 1.82) is 0 Å². The van der Waals surface area contributed by atoms with Crippen LogP contribution in [0.4, 0.5) is 13.2 Å². The molecule has 0 saturated heterocycles. The maximum Gasteiger partial charge on any atom is 0.415 e. The van der Waals surface area contributed by atoms with Crippen molar-refractivity contribution in [2.24, 2.45) is 10.7 Å². The highest BCUT2D eigenvalue weighted by molar-refractivity contribution is 8.14. The van der Waals surface area contributed by atoms with Crippen molar-refractivity contribution in [3.8, 4) is 0 Å². The van der Waals surface area contributed by atoms with E-state index < -0.39 is 18.3 Å². The smallest absolute Gasteiger partial charge is 0.328 e. The molecule has 92 valence electrons. The molecule has 2 rings (SSSR count). The van der Waals surface area contributed by atoms with Crippen LogP contribution in [0.15, 0.2) is 35.3 Å². The Morgan fingerprint density at radius 1 is 1.29 bits per heavy atom. The zero-order valence-electron chi connectivity index (χ0n) is 8.87. The molecular formula is C11H11F3N2S. The summed E-state index contributed by atoms with van der Waals surface area (Å²) in [6.45, 7) is -0.514. The number of alkyl halides is 3. The minimum Gasteiger partial charge on any atom is -0.328 e. The molecule has 1 heterocycles. The van der Waals surface area contributed by atoms with E-state index in [9.17, 15) is 13.2 Å². The second-order valence-electron chi connectivity index (χ2n) is 3.81. The van der Waals surface area contributed by atoms with Crippen LogP contribution in [0.25, 0.3) is 0 Å².